The maximum atomic E-state index is 12.3. The van der Waals surface area contributed by atoms with E-state index in [-0.39, 0.29) is 11.9 Å². The van der Waals surface area contributed by atoms with E-state index in [9.17, 15) is 14.4 Å². The molecule has 5 heteroatoms. The smallest absolute Gasteiger partial charge is 0.290 e. The SMILES string of the molecule is CC(=O)C(=O)N1Cc2ccccc2[C@H]1C(=O)NC(C)C. The molecule has 1 N–H and O–H groups in total. The minimum Gasteiger partial charge on any atom is -0.352 e. The summed E-state index contributed by atoms with van der Waals surface area (Å²) in [6, 6.07) is 6.65. The number of fused-ring (bicyclic) bond motifs is 1. The first kappa shape index (κ1) is 14.2. The number of nitrogens with one attached hydrogen (secondary N) is 1. The molecule has 2 amide bonds. The summed E-state index contributed by atoms with van der Waals surface area (Å²) in [6.45, 7) is 5.24. The third-order valence-corrected chi connectivity index (χ3v) is 3.24. The van der Waals surface area contributed by atoms with Crippen molar-refractivity contribution in [3.05, 3.63) is 35.4 Å². The average molecular weight is 274 g/mol. The van der Waals surface area contributed by atoms with Crippen LogP contribution in [0.3, 0.4) is 0 Å². The molecular formula is C15H18N2O3. The normalized spacial score (nSPS) is 17.0. The topological polar surface area (TPSA) is 66.5 Å². The monoisotopic (exact) mass is 274 g/mol. The fraction of sp³-hybridized carbons (Fsp3) is 0.400. The maximum absolute atomic E-state index is 12.3. The van der Waals surface area contributed by atoms with Gasteiger partial charge in [0.2, 0.25) is 11.7 Å². The van der Waals surface area contributed by atoms with Gasteiger partial charge in [0.15, 0.2) is 0 Å². The first-order chi connectivity index (χ1) is 9.41. The van der Waals surface area contributed by atoms with E-state index in [1.165, 1.54) is 11.8 Å². The molecule has 0 radical (unpaired) electrons. The number of amides is 2. The minimum atomic E-state index is -0.718. The van der Waals surface area contributed by atoms with Crippen LogP contribution in [0.4, 0.5) is 0 Å². The number of carbonyl (C=O) groups is 3. The summed E-state index contributed by atoms with van der Waals surface area (Å²) in [4.78, 5) is 37.0. The first-order valence-electron chi connectivity index (χ1n) is 6.61. The van der Waals surface area contributed by atoms with Gasteiger partial charge in [0.25, 0.3) is 5.91 Å². The van der Waals surface area contributed by atoms with E-state index in [1.807, 2.05) is 38.1 Å². The number of hydrogen-bond donors (Lipinski definition) is 1. The highest BCUT2D eigenvalue weighted by molar-refractivity contribution is 6.35. The lowest BCUT2D eigenvalue weighted by atomic mass is 10.0. The number of hydrogen-bond acceptors (Lipinski definition) is 3. The Hall–Kier alpha value is -2.17. The number of nitrogens with zero attached hydrogens (tertiary/aromatic N) is 1. The Morgan fingerprint density at radius 2 is 1.90 bits per heavy atom. The summed E-state index contributed by atoms with van der Waals surface area (Å²) in [6.07, 6.45) is 0. The molecule has 1 atom stereocenters. The Morgan fingerprint density at radius 3 is 2.50 bits per heavy atom. The predicted molar refractivity (Wildman–Crippen MR) is 73.7 cm³/mol. The van der Waals surface area contributed by atoms with Crippen LogP contribution in [-0.2, 0) is 20.9 Å². The molecule has 2 rings (SSSR count). The van der Waals surface area contributed by atoms with Gasteiger partial charge in [-0.2, -0.15) is 0 Å². The van der Waals surface area contributed by atoms with Crippen molar-refractivity contribution >= 4 is 17.6 Å². The molecule has 0 saturated heterocycles. The number of benzene rings is 1. The van der Waals surface area contributed by atoms with Gasteiger partial charge in [0.1, 0.15) is 6.04 Å². The predicted octanol–water partition coefficient (Wildman–Crippen LogP) is 1.18. The zero-order valence-electron chi connectivity index (χ0n) is 11.8. The van der Waals surface area contributed by atoms with Crippen LogP contribution in [-0.4, -0.2) is 28.5 Å². The van der Waals surface area contributed by atoms with Gasteiger partial charge < -0.3 is 10.2 Å². The second kappa shape index (κ2) is 5.45. The lowest BCUT2D eigenvalue weighted by Crippen LogP contribution is -2.43. The molecule has 5 nitrogen and oxygen atoms in total. The van der Waals surface area contributed by atoms with Crippen molar-refractivity contribution in [3.63, 3.8) is 0 Å². The Bertz CT molecular complexity index is 566. The summed E-state index contributed by atoms with van der Waals surface area (Å²) >= 11 is 0. The summed E-state index contributed by atoms with van der Waals surface area (Å²) in [5, 5.41) is 2.81. The molecule has 0 saturated carbocycles. The van der Waals surface area contributed by atoms with Gasteiger partial charge >= 0.3 is 0 Å². The van der Waals surface area contributed by atoms with Gasteiger partial charge in [-0.3, -0.25) is 14.4 Å². The Kier molecular flexibility index (Phi) is 3.88. The van der Waals surface area contributed by atoms with E-state index in [0.29, 0.717) is 6.54 Å². The van der Waals surface area contributed by atoms with Crippen molar-refractivity contribution in [1.29, 1.82) is 0 Å². The summed E-state index contributed by atoms with van der Waals surface area (Å²) < 4.78 is 0. The maximum Gasteiger partial charge on any atom is 0.290 e. The number of rotatable bonds is 3. The average Bonchev–Trinajstić information content (AvgIpc) is 2.75. The second-order valence-corrected chi connectivity index (χ2v) is 5.25. The van der Waals surface area contributed by atoms with Crippen LogP contribution in [0, 0.1) is 0 Å². The molecule has 1 heterocycles. The van der Waals surface area contributed by atoms with Crippen LogP contribution < -0.4 is 5.32 Å². The zero-order chi connectivity index (χ0) is 14.9. The van der Waals surface area contributed by atoms with E-state index in [1.54, 1.807) is 0 Å². The van der Waals surface area contributed by atoms with Gasteiger partial charge in [0, 0.05) is 19.5 Å². The van der Waals surface area contributed by atoms with Gasteiger partial charge in [-0.25, -0.2) is 0 Å². The van der Waals surface area contributed by atoms with Crippen molar-refractivity contribution in [2.24, 2.45) is 0 Å². The second-order valence-electron chi connectivity index (χ2n) is 5.25. The van der Waals surface area contributed by atoms with Crippen molar-refractivity contribution < 1.29 is 14.4 Å². The molecule has 0 unspecified atom stereocenters. The van der Waals surface area contributed by atoms with E-state index in [4.69, 9.17) is 0 Å². The van der Waals surface area contributed by atoms with Gasteiger partial charge in [-0.05, 0) is 25.0 Å². The molecular weight excluding hydrogens is 256 g/mol. The van der Waals surface area contributed by atoms with Crippen molar-refractivity contribution in [1.82, 2.24) is 10.2 Å². The highest BCUT2D eigenvalue weighted by Gasteiger charge is 2.39. The zero-order valence-corrected chi connectivity index (χ0v) is 11.8. The highest BCUT2D eigenvalue weighted by Crippen LogP contribution is 2.33. The Morgan fingerprint density at radius 1 is 1.25 bits per heavy atom. The van der Waals surface area contributed by atoms with E-state index in [2.05, 4.69) is 5.32 Å². The molecule has 0 fully saturated rings. The Labute approximate surface area is 118 Å². The van der Waals surface area contributed by atoms with Crippen molar-refractivity contribution in [2.45, 2.75) is 39.4 Å². The standard InChI is InChI=1S/C15H18N2O3/c1-9(2)16-14(19)13-12-7-5-4-6-11(12)8-17(13)15(20)10(3)18/h4-7,9,13H,8H2,1-3H3,(H,16,19)/t13-/m0/s1. The molecule has 0 spiro atoms. The van der Waals surface area contributed by atoms with Gasteiger partial charge in [0.05, 0.1) is 0 Å². The largest absolute Gasteiger partial charge is 0.352 e. The van der Waals surface area contributed by atoms with Crippen LogP contribution in [0.2, 0.25) is 0 Å². The van der Waals surface area contributed by atoms with Crippen molar-refractivity contribution in [2.75, 3.05) is 0 Å². The third kappa shape index (κ3) is 2.57. The molecule has 1 aromatic carbocycles. The van der Waals surface area contributed by atoms with Crippen LogP contribution >= 0.6 is 0 Å². The molecule has 0 aromatic heterocycles. The summed E-state index contributed by atoms with van der Waals surface area (Å²) in [5.74, 6) is -1.43. The quantitative estimate of drug-likeness (QED) is 0.842. The molecule has 1 aromatic rings. The van der Waals surface area contributed by atoms with E-state index < -0.39 is 17.7 Å². The number of ketones is 1. The van der Waals surface area contributed by atoms with E-state index >= 15 is 0 Å². The summed E-state index contributed by atoms with van der Waals surface area (Å²) in [7, 11) is 0. The highest BCUT2D eigenvalue weighted by atomic mass is 16.2. The Balaban J connectivity index is 2.37. The summed E-state index contributed by atoms with van der Waals surface area (Å²) in [5.41, 5.74) is 1.70. The lowest BCUT2D eigenvalue weighted by Gasteiger charge is -2.24. The molecule has 0 aliphatic carbocycles. The van der Waals surface area contributed by atoms with Gasteiger partial charge in [-0.15, -0.1) is 0 Å². The van der Waals surface area contributed by atoms with Crippen LogP contribution in [0.5, 0.6) is 0 Å². The molecule has 20 heavy (non-hydrogen) atoms. The number of carbonyl (C=O) groups excluding carboxylic acids is 3. The molecule has 1 aliphatic rings. The van der Waals surface area contributed by atoms with Crippen LogP contribution in [0.25, 0.3) is 0 Å². The molecule has 1 aliphatic heterocycles. The number of Topliss-reactive ketones (excluding diaryl/α,β-unsaturated/α-hetero) is 1. The van der Waals surface area contributed by atoms with Crippen LogP contribution in [0.1, 0.15) is 37.9 Å². The fourth-order valence-electron chi connectivity index (χ4n) is 2.43. The van der Waals surface area contributed by atoms with Crippen LogP contribution in [0.15, 0.2) is 24.3 Å². The molecule has 0 bridgehead atoms. The third-order valence-electron chi connectivity index (χ3n) is 3.24. The fourth-order valence-corrected chi connectivity index (χ4v) is 2.43. The van der Waals surface area contributed by atoms with E-state index in [0.717, 1.165) is 11.1 Å². The van der Waals surface area contributed by atoms with Crippen molar-refractivity contribution in [3.8, 4) is 0 Å². The molecule has 106 valence electrons. The minimum absolute atomic E-state index is 0.0236. The first-order valence-corrected chi connectivity index (χ1v) is 6.61. The lowest BCUT2D eigenvalue weighted by molar-refractivity contribution is -0.148. The van der Waals surface area contributed by atoms with Gasteiger partial charge in [-0.1, -0.05) is 24.3 Å².